The summed E-state index contributed by atoms with van der Waals surface area (Å²) >= 11 is 0. The number of likely N-dealkylation sites (tertiary alicyclic amines) is 1. The van der Waals surface area contributed by atoms with Crippen LogP contribution in [0.4, 0.5) is 5.82 Å². The van der Waals surface area contributed by atoms with E-state index in [1.165, 1.54) is 32.1 Å². The van der Waals surface area contributed by atoms with E-state index in [1.807, 2.05) is 0 Å². The molecule has 0 aromatic carbocycles. The highest BCUT2D eigenvalue weighted by Crippen LogP contribution is 2.11. The number of nitrogens with one attached hydrogen (secondary N) is 1. The van der Waals surface area contributed by atoms with Gasteiger partial charge in [0.25, 0.3) is 0 Å². The van der Waals surface area contributed by atoms with Crippen molar-refractivity contribution in [2.75, 3.05) is 31.5 Å². The highest BCUT2D eigenvalue weighted by atomic mass is 16.4. The first-order valence-corrected chi connectivity index (χ1v) is 6.66. The van der Waals surface area contributed by atoms with Gasteiger partial charge in [0.2, 0.25) is 0 Å². The first-order valence-electron chi connectivity index (χ1n) is 6.66. The fraction of sp³-hybridized carbons (Fsp3) is 0.615. The maximum atomic E-state index is 10.8. The van der Waals surface area contributed by atoms with Crippen LogP contribution in [0.1, 0.15) is 30.3 Å². The molecule has 0 saturated carbocycles. The molecule has 0 bridgehead atoms. The molecule has 1 atom stereocenters. The lowest BCUT2D eigenvalue weighted by atomic mass is 10.1. The average molecular weight is 264 g/mol. The summed E-state index contributed by atoms with van der Waals surface area (Å²) in [5, 5.41) is 12.0. The quantitative estimate of drug-likeness (QED) is 0.806. The molecule has 19 heavy (non-hydrogen) atoms. The number of aromatic carboxylic acids is 1. The van der Waals surface area contributed by atoms with Crippen LogP contribution < -0.4 is 5.32 Å². The van der Waals surface area contributed by atoms with Crippen LogP contribution in [0.15, 0.2) is 12.4 Å². The Labute approximate surface area is 112 Å². The molecule has 1 aliphatic heterocycles. The van der Waals surface area contributed by atoms with Gasteiger partial charge < -0.3 is 15.3 Å². The van der Waals surface area contributed by atoms with Crippen LogP contribution in [-0.4, -0.2) is 52.1 Å². The number of aromatic nitrogens is 2. The number of rotatable bonds is 6. The van der Waals surface area contributed by atoms with Crippen LogP contribution in [-0.2, 0) is 0 Å². The molecule has 2 N–H and O–H groups in total. The molecule has 0 aliphatic carbocycles. The predicted octanol–water partition coefficient (Wildman–Crippen LogP) is 1.32. The molecule has 104 valence electrons. The van der Waals surface area contributed by atoms with Gasteiger partial charge in [-0.25, -0.2) is 9.78 Å². The zero-order valence-electron chi connectivity index (χ0n) is 11.2. The lowest BCUT2D eigenvalue weighted by Crippen LogP contribution is -2.29. The van der Waals surface area contributed by atoms with E-state index in [2.05, 4.69) is 27.1 Å². The minimum Gasteiger partial charge on any atom is -0.476 e. The van der Waals surface area contributed by atoms with Gasteiger partial charge in [0.05, 0.1) is 12.4 Å². The van der Waals surface area contributed by atoms with E-state index in [0.717, 1.165) is 13.1 Å². The van der Waals surface area contributed by atoms with Gasteiger partial charge in [-0.2, -0.15) is 0 Å². The van der Waals surface area contributed by atoms with Gasteiger partial charge in [0.15, 0.2) is 5.69 Å². The fourth-order valence-corrected chi connectivity index (χ4v) is 2.30. The van der Waals surface area contributed by atoms with E-state index >= 15 is 0 Å². The van der Waals surface area contributed by atoms with Gasteiger partial charge in [0, 0.05) is 13.1 Å². The maximum Gasteiger partial charge on any atom is 0.356 e. The summed E-state index contributed by atoms with van der Waals surface area (Å²) in [4.78, 5) is 21.1. The molecule has 0 amide bonds. The van der Waals surface area contributed by atoms with Crippen LogP contribution in [0.2, 0.25) is 0 Å². The van der Waals surface area contributed by atoms with Crippen LogP contribution in [0, 0.1) is 5.92 Å². The van der Waals surface area contributed by atoms with Gasteiger partial charge in [-0.3, -0.25) is 4.98 Å². The molecule has 2 rings (SSSR count). The first kappa shape index (κ1) is 13.7. The third kappa shape index (κ3) is 4.17. The largest absolute Gasteiger partial charge is 0.476 e. The molecule has 1 saturated heterocycles. The summed E-state index contributed by atoms with van der Waals surface area (Å²) in [6.07, 6.45) is 5.40. The summed E-state index contributed by atoms with van der Waals surface area (Å²) < 4.78 is 0. The number of carboxylic acid groups (broad SMARTS) is 1. The number of carboxylic acids is 1. The van der Waals surface area contributed by atoms with Crippen LogP contribution in [0.5, 0.6) is 0 Å². The van der Waals surface area contributed by atoms with Gasteiger partial charge in [-0.05, 0) is 31.8 Å². The van der Waals surface area contributed by atoms with E-state index in [4.69, 9.17) is 5.11 Å². The molecule has 6 nitrogen and oxygen atoms in total. The van der Waals surface area contributed by atoms with Gasteiger partial charge in [-0.15, -0.1) is 0 Å². The predicted molar refractivity (Wildman–Crippen MR) is 72.3 cm³/mol. The lowest BCUT2D eigenvalue weighted by Gasteiger charge is -2.20. The second kappa shape index (κ2) is 6.47. The standard InChI is InChI=1S/C13H20N4O2/c1-10(9-17-4-2-3-5-17)6-15-12-8-14-7-11(16-12)13(18)19/h7-8,10H,2-6,9H2,1H3,(H,15,16)(H,18,19). The van der Waals surface area contributed by atoms with Crippen molar-refractivity contribution >= 4 is 11.8 Å². The monoisotopic (exact) mass is 264 g/mol. The Morgan fingerprint density at radius 3 is 2.89 bits per heavy atom. The summed E-state index contributed by atoms with van der Waals surface area (Å²) in [6, 6.07) is 0. The molecule has 6 heteroatoms. The minimum atomic E-state index is -1.05. The molecule has 1 unspecified atom stereocenters. The Balaban J connectivity index is 1.80. The van der Waals surface area contributed by atoms with Crippen molar-refractivity contribution in [3.8, 4) is 0 Å². The summed E-state index contributed by atoms with van der Waals surface area (Å²) in [5.74, 6) is -0.0391. The van der Waals surface area contributed by atoms with E-state index in [9.17, 15) is 4.79 Å². The van der Waals surface area contributed by atoms with Crippen molar-refractivity contribution in [3.63, 3.8) is 0 Å². The summed E-state index contributed by atoms with van der Waals surface area (Å²) in [7, 11) is 0. The second-order valence-electron chi connectivity index (χ2n) is 5.09. The van der Waals surface area contributed by atoms with E-state index in [0.29, 0.717) is 11.7 Å². The van der Waals surface area contributed by atoms with E-state index < -0.39 is 5.97 Å². The molecule has 0 spiro atoms. The lowest BCUT2D eigenvalue weighted by molar-refractivity contribution is 0.0690. The first-order chi connectivity index (χ1) is 9.15. The number of nitrogens with zero attached hydrogens (tertiary/aromatic N) is 3. The molecular weight excluding hydrogens is 244 g/mol. The Kier molecular flexibility index (Phi) is 4.68. The van der Waals surface area contributed by atoms with Crippen molar-refractivity contribution in [3.05, 3.63) is 18.1 Å². The molecule has 1 aromatic heterocycles. The Morgan fingerprint density at radius 2 is 2.21 bits per heavy atom. The molecule has 0 radical (unpaired) electrons. The van der Waals surface area contributed by atoms with Crippen molar-refractivity contribution in [1.82, 2.24) is 14.9 Å². The van der Waals surface area contributed by atoms with E-state index in [-0.39, 0.29) is 5.69 Å². The van der Waals surface area contributed by atoms with Crippen molar-refractivity contribution in [1.29, 1.82) is 0 Å². The zero-order chi connectivity index (χ0) is 13.7. The van der Waals surface area contributed by atoms with Crippen LogP contribution in [0.3, 0.4) is 0 Å². The highest BCUT2D eigenvalue weighted by molar-refractivity contribution is 5.85. The summed E-state index contributed by atoms with van der Waals surface area (Å²) in [6.45, 7) is 6.41. The smallest absolute Gasteiger partial charge is 0.356 e. The van der Waals surface area contributed by atoms with Crippen molar-refractivity contribution in [2.24, 2.45) is 5.92 Å². The number of anilines is 1. The Bertz CT molecular complexity index is 432. The second-order valence-corrected chi connectivity index (χ2v) is 5.09. The average Bonchev–Trinajstić information content (AvgIpc) is 2.89. The molecule has 1 aromatic rings. The third-order valence-corrected chi connectivity index (χ3v) is 3.25. The normalized spacial score (nSPS) is 17.3. The molecular formula is C13H20N4O2. The zero-order valence-corrected chi connectivity index (χ0v) is 11.2. The summed E-state index contributed by atoms with van der Waals surface area (Å²) in [5.41, 5.74) is -0.0304. The van der Waals surface area contributed by atoms with E-state index in [1.54, 1.807) is 6.20 Å². The number of hydrogen-bond donors (Lipinski definition) is 2. The number of hydrogen-bond acceptors (Lipinski definition) is 5. The van der Waals surface area contributed by atoms with Crippen molar-refractivity contribution < 1.29 is 9.90 Å². The Morgan fingerprint density at radius 1 is 1.47 bits per heavy atom. The van der Waals surface area contributed by atoms with Gasteiger partial charge in [0.1, 0.15) is 5.82 Å². The minimum absolute atomic E-state index is 0.0304. The van der Waals surface area contributed by atoms with Crippen LogP contribution >= 0.6 is 0 Å². The molecule has 1 fully saturated rings. The van der Waals surface area contributed by atoms with Crippen LogP contribution in [0.25, 0.3) is 0 Å². The topological polar surface area (TPSA) is 78.3 Å². The number of carbonyl (C=O) groups is 1. The maximum absolute atomic E-state index is 10.8. The van der Waals surface area contributed by atoms with Gasteiger partial charge in [-0.1, -0.05) is 6.92 Å². The fourth-order valence-electron chi connectivity index (χ4n) is 2.30. The molecule has 1 aliphatic rings. The Hall–Kier alpha value is -1.69. The third-order valence-electron chi connectivity index (χ3n) is 3.25. The highest BCUT2D eigenvalue weighted by Gasteiger charge is 2.14. The SMILES string of the molecule is CC(CNc1cncc(C(=O)O)n1)CN1CCCC1. The molecule has 2 heterocycles. The van der Waals surface area contributed by atoms with Crippen molar-refractivity contribution in [2.45, 2.75) is 19.8 Å². The van der Waals surface area contributed by atoms with Gasteiger partial charge >= 0.3 is 5.97 Å².